The molecule has 7 heteroatoms. The molecule has 2 amide bonds. The molecule has 1 aromatic carbocycles. The van der Waals surface area contributed by atoms with E-state index in [-0.39, 0.29) is 23.8 Å². The van der Waals surface area contributed by atoms with Crippen molar-refractivity contribution in [3.05, 3.63) is 78.5 Å². The summed E-state index contributed by atoms with van der Waals surface area (Å²) in [7, 11) is 0. The smallest absolute Gasteiger partial charge is 0.323 e. The zero-order valence-corrected chi connectivity index (χ0v) is 18.6. The summed E-state index contributed by atoms with van der Waals surface area (Å²) in [5.41, 5.74) is 4.61. The van der Waals surface area contributed by atoms with E-state index in [1.165, 1.54) is 11.1 Å². The highest BCUT2D eigenvalue weighted by atomic mass is 16.2. The zero-order valence-electron chi connectivity index (χ0n) is 18.6. The van der Waals surface area contributed by atoms with Crippen LogP contribution in [0.1, 0.15) is 43.5 Å². The van der Waals surface area contributed by atoms with Gasteiger partial charge in [-0.2, -0.15) is 0 Å². The standard InChI is InChI=1S/C26H27N5O2/c1-18-22-16-27-17-31(22)21(25(18)20-7-3-2-4-8-20)15-23(32)19-10-13-30(14-11-19)26(33)29-24-9-5-6-12-28-24/h2-9,12,16-17,19,21H,10-11,13-15H2,1H3,(H,28,29,33). The number of anilines is 1. The lowest BCUT2D eigenvalue weighted by molar-refractivity contribution is -0.124. The number of amides is 2. The van der Waals surface area contributed by atoms with Crippen LogP contribution in [-0.4, -0.2) is 44.3 Å². The largest absolute Gasteiger partial charge is 0.324 e. The Kier molecular flexibility index (Phi) is 5.77. The zero-order chi connectivity index (χ0) is 22.8. The van der Waals surface area contributed by atoms with Gasteiger partial charge in [0.15, 0.2) is 0 Å². The van der Waals surface area contributed by atoms with Crippen molar-refractivity contribution in [1.82, 2.24) is 19.4 Å². The third kappa shape index (κ3) is 4.18. The third-order valence-electron chi connectivity index (χ3n) is 6.74. The predicted octanol–water partition coefficient (Wildman–Crippen LogP) is 4.67. The molecule has 1 atom stereocenters. The van der Waals surface area contributed by atoms with Crippen LogP contribution in [0, 0.1) is 5.92 Å². The first kappa shape index (κ1) is 21.1. The van der Waals surface area contributed by atoms with E-state index < -0.39 is 0 Å². The number of benzene rings is 1. The van der Waals surface area contributed by atoms with Crippen molar-refractivity contribution in [3.8, 4) is 0 Å². The second kappa shape index (κ2) is 9.02. The first-order chi connectivity index (χ1) is 16.1. The molecule has 33 heavy (non-hydrogen) atoms. The molecule has 0 bridgehead atoms. The van der Waals surface area contributed by atoms with Crippen LogP contribution in [0.3, 0.4) is 0 Å². The minimum Gasteiger partial charge on any atom is -0.324 e. The normalized spacial score (nSPS) is 18.3. The summed E-state index contributed by atoms with van der Waals surface area (Å²) < 4.78 is 2.13. The number of fused-ring (bicyclic) bond motifs is 1. The molecule has 0 saturated carbocycles. The van der Waals surface area contributed by atoms with E-state index in [1.54, 1.807) is 17.2 Å². The first-order valence-electron chi connectivity index (χ1n) is 11.4. The van der Waals surface area contributed by atoms with Crippen molar-refractivity contribution in [2.45, 2.75) is 32.2 Å². The first-order valence-corrected chi connectivity index (χ1v) is 11.4. The highest BCUT2D eigenvalue weighted by molar-refractivity contribution is 5.96. The van der Waals surface area contributed by atoms with Crippen LogP contribution in [0.5, 0.6) is 0 Å². The fourth-order valence-corrected chi connectivity index (χ4v) is 4.98. The molecule has 1 unspecified atom stereocenters. The fraction of sp³-hybridized carbons (Fsp3) is 0.308. The number of nitrogens with one attached hydrogen (secondary N) is 1. The van der Waals surface area contributed by atoms with Crippen molar-refractivity contribution in [1.29, 1.82) is 0 Å². The molecule has 1 fully saturated rings. The average Bonchev–Trinajstić information content (AvgIpc) is 3.43. The van der Waals surface area contributed by atoms with E-state index >= 15 is 0 Å². The van der Waals surface area contributed by atoms with Gasteiger partial charge in [0.1, 0.15) is 11.6 Å². The topological polar surface area (TPSA) is 80.1 Å². The molecular weight excluding hydrogens is 414 g/mol. The van der Waals surface area contributed by atoms with E-state index in [1.807, 2.05) is 42.9 Å². The molecule has 2 aromatic heterocycles. The van der Waals surface area contributed by atoms with E-state index in [0.29, 0.717) is 38.2 Å². The predicted molar refractivity (Wildman–Crippen MR) is 127 cm³/mol. The van der Waals surface area contributed by atoms with Crippen LogP contribution < -0.4 is 5.32 Å². The number of allylic oxidation sites excluding steroid dienone is 2. The molecule has 5 rings (SSSR count). The molecule has 0 spiro atoms. The van der Waals surface area contributed by atoms with Gasteiger partial charge < -0.3 is 9.47 Å². The molecule has 168 valence electrons. The van der Waals surface area contributed by atoms with Crippen molar-refractivity contribution in [2.75, 3.05) is 18.4 Å². The minimum absolute atomic E-state index is 0.0335. The number of hydrogen-bond donors (Lipinski definition) is 1. The Morgan fingerprint density at radius 3 is 2.55 bits per heavy atom. The molecule has 2 aliphatic rings. The van der Waals surface area contributed by atoms with Crippen molar-refractivity contribution >= 4 is 28.8 Å². The van der Waals surface area contributed by atoms with Gasteiger partial charge in [0.05, 0.1) is 24.3 Å². The van der Waals surface area contributed by atoms with Crippen LogP contribution >= 0.6 is 0 Å². The van der Waals surface area contributed by atoms with Gasteiger partial charge >= 0.3 is 6.03 Å². The Morgan fingerprint density at radius 1 is 1.06 bits per heavy atom. The van der Waals surface area contributed by atoms with Crippen LogP contribution in [0.25, 0.3) is 11.1 Å². The number of pyridine rings is 1. The second-order valence-corrected chi connectivity index (χ2v) is 8.68. The van der Waals surface area contributed by atoms with Gasteiger partial charge in [-0.1, -0.05) is 36.4 Å². The number of carbonyl (C=O) groups excluding carboxylic acids is 2. The lowest BCUT2D eigenvalue weighted by Crippen LogP contribution is -2.42. The monoisotopic (exact) mass is 441 g/mol. The van der Waals surface area contributed by atoms with E-state index in [4.69, 9.17) is 0 Å². The third-order valence-corrected chi connectivity index (χ3v) is 6.74. The maximum atomic E-state index is 13.4. The second-order valence-electron chi connectivity index (χ2n) is 8.68. The van der Waals surface area contributed by atoms with Crippen LogP contribution in [-0.2, 0) is 4.79 Å². The van der Waals surface area contributed by atoms with Crippen molar-refractivity contribution < 1.29 is 9.59 Å². The Morgan fingerprint density at radius 2 is 1.82 bits per heavy atom. The Bertz CT molecular complexity index is 1180. The number of rotatable bonds is 5. The number of urea groups is 1. The number of Topliss-reactive ketones (excluding diaryl/α,β-unsaturated/α-hetero) is 1. The highest BCUT2D eigenvalue weighted by Gasteiger charge is 2.34. The van der Waals surface area contributed by atoms with Gasteiger partial charge in [-0.3, -0.25) is 10.1 Å². The number of ketones is 1. The van der Waals surface area contributed by atoms with Crippen LogP contribution in [0.2, 0.25) is 0 Å². The number of likely N-dealkylation sites (tertiary alicyclic amines) is 1. The quantitative estimate of drug-likeness (QED) is 0.624. The summed E-state index contributed by atoms with van der Waals surface area (Å²) in [6, 6.07) is 15.5. The molecule has 1 saturated heterocycles. The SMILES string of the molecule is CC1=C(c2ccccc2)C(CC(=O)C2CCN(C(=O)Nc3ccccn3)CC2)n2cncc21. The van der Waals surface area contributed by atoms with Gasteiger partial charge in [0.25, 0.3) is 0 Å². The fourth-order valence-electron chi connectivity index (χ4n) is 4.98. The number of carbonyl (C=O) groups is 2. The number of piperidine rings is 1. The average molecular weight is 442 g/mol. The molecule has 0 aliphatic carbocycles. The maximum Gasteiger partial charge on any atom is 0.323 e. The Hall–Kier alpha value is -3.74. The molecule has 1 N–H and O–H groups in total. The maximum absolute atomic E-state index is 13.4. The molecule has 2 aliphatic heterocycles. The Balaban J connectivity index is 1.24. The van der Waals surface area contributed by atoms with Crippen LogP contribution in [0.4, 0.5) is 10.6 Å². The molecule has 7 nitrogen and oxygen atoms in total. The summed E-state index contributed by atoms with van der Waals surface area (Å²) in [6.45, 7) is 3.24. The minimum atomic E-state index is -0.164. The highest BCUT2D eigenvalue weighted by Crippen LogP contribution is 2.44. The number of nitrogens with zero attached hydrogens (tertiary/aromatic N) is 4. The van der Waals surface area contributed by atoms with Gasteiger partial charge in [0.2, 0.25) is 0 Å². The summed E-state index contributed by atoms with van der Waals surface area (Å²) >= 11 is 0. The Labute approximate surface area is 193 Å². The number of aromatic nitrogens is 3. The van der Waals surface area contributed by atoms with Gasteiger partial charge in [-0.05, 0) is 48.6 Å². The molecular formula is C26H27N5O2. The summed E-state index contributed by atoms with van der Waals surface area (Å²) in [5.74, 6) is 0.759. The molecule has 0 radical (unpaired) electrons. The summed E-state index contributed by atoms with van der Waals surface area (Å²) in [5, 5.41) is 2.83. The number of hydrogen-bond acceptors (Lipinski definition) is 4. The summed E-state index contributed by atoms with van der Waals surface area (Å²) in [4.78, 5) is 36.1. The van der Waals surface area contributed by atoms with Crippen molar-refractivity contribution in [2.24, 2.45) is 5.92 Å². The lowest BCUT2D eigenvalue weighted by Gasteiger charge is -2.32. The van der Waals surface area contributed by atoms with E-state index in [2.05, 4.69) is 38.9 Å². The molecule has 4 heterocycles. The van der Waals surface area contributed by atoms with Gasteiger partial charge in [-0.25, -0.2) is 14.8 Å². The van der Waals surface area contributed by atoms with Crippen LogP contribution in [0.15, 0.2) is 67.3 Å². The van der Waals surface area contributed by atoms with E-state index in [0.717, 1.165) is 11.3 Å². The molecule has 3 aromatic rings. The van der Waals surface area contributed by atoms with Crippen molar-refractivity contribution in [3.63, 3.8) is 0 Å². The van der Waals surface area contributed by atoms with Gasteiger partial charge in [0, 0.05) is 31.6 Å². The number of imidazole rings is 1. The lowest BCUT2D eigenvalue weighted by atomic mass is 9.86. The van der Waals surface area contributed by atoms with Gasteiger partial charge in [-0.15, -0.1) is 0 Å². The summed E-state index contributed by atoms with van der Waals surface area (Å²) in [6.07, 6.45) is 7.16. The van der Waals surface area contributed by atoms with E-state index in [9.17, 15) is 9.59 Å².